The van der Waals surface area contributed by atoms with Gasteiger partial charge in [0.1, 0.15) is 0 Å². The number of benzene rings is 4. The zero-order valence-electron chi connectivity index (χ0n) is 18.1. The van der Waals surface area contributed by atoms with E-state index in [9.17, 15) is 0 Å². The van der Waals surface area contributed by atoms with E-state index in [2.05, 4.69) is 98.4 Å². The Balaban J connectivity index is 0.000000179. The molecule has 0 amide bonds. The lowest BCUT2D eigenvalue weighted by Crippen LogP contribution is -2.19. The van der Waals surface area contributed by atoms with Gasteiger partial charge in [0.05, 0.1) is 9.52 Å². The fraction of sp³-hybridized carbons (Fsp3) is 0.0714. The molecule has 0 aromatic heterocycles. The molecule has 0 heterocycles. The first-order valence-corrected chi connectivity index (χ1v) is 13.0. The van der Waals surface area contributed by atoms with Crippen LogP contribution in [0, 0.1) is 0 Å². The molecule has 4 rings (SSSR count). The molecule has 0 aliphatic heterocycles. The predicted molar refractivity (Wildman–Crippen MR) is 142 cm³/mol. The monoisotopic (exact) mass is 424 g/mol. The van der Waals surface area contributed by atoms with Crippen LogP contribution < -0.4 is 10.4 Å². The zero-order chi connectivity index (χ0) is 21.4. The molecule has 4 aromatic rings. The van der Waals surface area contributed by atoms with Gasteiger partial charge in [-0.2, -0.15) is 0 Å². The molecule has 0 aliphatic rings. The van der Waals surface area contributed by atoms with E-state index in [0.717, 1.165) is 5.54 Å². The molecule has 0 spiro atoms. The van der Waals surface area contributed by atoms with E-state index in [1.54, 1.807) is 5.19 Å². The third-order valence-corrected chi connectivity index (χ3v) is 7.42. The van der Waals surface area contributed by atoms with Crippen molar-refractivity contribution in [3.63, 3.8) is 0 Å². The first-order valence-electron chi connectivity index (χ1n) is 10.5. The van der Waals surface area contributed by atoms with Crippen LogP contribution in [0.25, 0.3) is 6.08 Å². The summed E-state index contributed by atoms with van der Waals surface area (Å²) in [6.07, 6.45) is 1.83. The second kappa shape index (κ2) is 14.1. The van der Waals surface area contributed by atoms with E-state index in [1.165, 1.54) is 26.6 Å². The van der Waals surface area contributed by atoms with Crippen LogP contribution in [-0.2, 0) is 0 Å². The van der Waals surface area contributed by atoms with Crippen molar-refractivity contribution in [1.82, 2.24) is 0 Å². The van der Waals surface area contributed by atoms with Gasteiger partial charge in [-0.15, -0.1) is 0 Å². The second-order valence-electron chi connectivity index (χ2n) is 7.27. The Morgan fingerprint density at radius 2 is 1.10 bits per heavy atom. The summed E-state index contributed by atoms with van der Waals surface area (Å²) in [5, 5.41) is 3.01. The fourth-order valence-electron chi connectivity index (χ4n) is 2.99. The molecule has 0 saturated carbocycles. The van der Waals surface area contributed by atoms with Crippen LogP contribution in [0.5, 0.6) is 0 Å². The average Bonchev–Trinajstić information content (AvgIpc) is 2.82. The lowest BCUT2D eigenvalue weighted by Gasteiger charge is -2.10. The molecule has 0 nitrogen and oxygen atoms in total. The van der Waals surface area contributed by atoms with Gasteiger partial charge < -0.3 is 0 Å². The van der Waals surface area contributed by atoms with Crippen molar-refractivity contribution in [3.05, 3.63) is 139 Å². The van der Waals surface area contributed by atoms with Crippen molar-refractivity contribution < 1.29 is 0 Å². The normalized spacial score (nSPS) is 11.0. The van der Waals surface area contributed by atoms with Gasteiger partial charge in [0.2, 0.25) is 0 Å². The molecule has 0 fully saturated rings. The van der Waals surface area contributed by atoms with E-state index < -0.39 is 0 Å². The maximum absolute atomic E-state index is 3.63. The summed E-state index contributed by atoms with van der Waals surface area (Å²) in [5.41, 5.74) is 3.38. The van der Waals surface area contributed by atoms with Crippen molar-refractivity contribution >= 4 is 36.2 Å². The minimum atomic E-state index is -0.185. The molecule has 4 aromatic carbocycles. The molecule has 1 unspecified atom stereocenters. The molecule has 0 radical (unpaired) electrons. The summed E-state index contributed by atoms with van der Waals surface area (Å²) in [5.74, 6) is 0. The summed E-state index contributed by atoms with van der Waals surface area (Å²) in [7, 11) is 0.988. The summed E-state index contributed by atoms with van der Waals surface area (Å²) in [6.45, 7) is 5.97. The van der Waals surface area contributed by atoms with Crippen LogP contribution in [0.4, 0.5) is 0 Å². The minimum Gasteiger partial charge on any atom is -0.0985 e. The van der Waals surface area contributed by atoms with E-state index in [-0.39, 0.29) is 9.52 Å². The maximum Gasteiger partial charge on any atom is 0.0620 e. The first kappa shape index (κ1) is 23.3. The lowest BCUT2D eigenvalue weighted by atomic mass is 10.2. The van der Waals surface area contributed by atoms with Crippen LogP contribution in [0.1, 0.15) is 23.6 Å². The van der Waals surface area contributed by atoms with Crippen LogP contribution >= 0.6 is 0 Å². The third-order valence-electron chi connectivity index (χ3n) is 4.73. The lowest BCUT2D eigenvalue weighted by molar-refractivity contribution is 1.07. The molecule has 0 bridgehead atoms. The summed E-state index contributed by atoms with van der Waals surface area (Å²) in [6, 6.07) is 42.2. The van der Waals surface area contributed by atoms with Gasteiger partial charge >= 0.3 is 0 Å². The SMILES string of the molecule is C=Cc1ccccc1.CC([SiH2]c1ccccc1)c1ccccc1.[SiH3]c1ccccc1. The van der Waals surface area contributed by atoms with Gasteiger partial charge in [-0.25, -0.2) is 0 Å². The zero-order valence-corrected chi connectivity index (χ0v) is 21.5. The maximum atomic E-state index is 3.63. The Morgan fingerprint density at radius 1 is 0.667 bits per heavy atom. The number of rotatable bonds is 4. The Labute approximate surface area is 187 Å². The van der Waals surface area contributed by atoms with E-state index >= 15 is 0 Å². The van der Waals surface area contributed by atoms with Crippen molar-refractivity contribution in [2.75, 3.05) is 0 Å². The summed E-state index contributed by atoms with van der Waals surface area (Å²) < 4.78 is 0. The Morgan fingerprint density at radius 3 is 1.50 bits per heavy atom. The van der Waals surface area contributed by atoms with Crippen LogP contribution in [0.3, 0.4) is 0 Å². The third kappa shape index (κ3) is 9.50. The van der Waals surface area contributed by atoms with Crippen molar-refractivity contribution in [2.45, 2.75) is 12.5 Å². The average molecular weight is 425 g/mol. The number of hydrogen-bond acceptors (Lipinski definition) is 0. The van der Waals surface area contributed by atoms with Crippen LogP contribution in [0.2, 0.25) is 0 Å². The van der Waals surface area contributed by atoms with Gasteiger partial charge in [-0.3, -0.25) is 0 Å². The molecule has 0 saturated heterocycles. The number of hydrogen-bond donors (Lipinski definition) is 0. The highest BCUT2D eigenvalue weighted by molar-refractivity contribution is 6.54. The summed E-state index contributed by atoms with van der Waals surface area (Å²) >= 11 is 0. The Bertz CT molecular complexity index is 937. The van der Waals surface area contributed by atoms with Crippen molar-refractivity contribution in [1.29, 1.82) is 0 Å². The van der Waals surface area contributed by atoms with Crippen molar-refractivity contribution in [2.24, 2.45) is 0 Å². The van der Waals surface area contributed by atoms with Gasteiger partial charge in [0.25, 0.3) is 0 Å². The minimum absolute atomic E-state index is 0.185. The first-order chi connectivity index (χ1) is 14.7. The molecular formula is C28H32Si2. The molecule has 30 heavy (non-hydrogen) atoms. The van der Waals surface area contributed by atoms with Gasteiger partial charge in [0, 0.05) is 10.2 Å². The van der Waals surface area contributed by atoms with E-state index in [0.29, 0.717) is 0 Å². The highest BCUT2D eigenvalue weighted by atomic mass is 28.2. The standard InChI is InChI=1S/C14H16Si.C8H8.C6H8Si/c1-12(13-8-4-2-5-9-13)15-14-10-6-3-7-11-14;1-2-8-6-4-3-5-7-8;7-6-4-2-1-3-5-6/h2-12H,15H2,1H3;2-7H,1H2;1-5H,7H3. The Kier molecular flexibility index (Phi) is 11.0. The molecular weight excluding hydrogens is 392 g/mol. The summed E-state index contributed by atoms with van der Waals surface area (Å²) in [4.78, 5) is 0. The van der Waals surface area contributed by atoms with Gasteiger partial charge in [0.15, 0.2) is 0 Å². The highest BCUT2D eigenvalue weighted by Crippen LogP contribution is 2.12. The molecule has 152 valence electrons. The van der Waals surface area contributed by atoms with E-state index in [1.807, 2.05) is 42.5 Å². The molecule has 2 heteroatoms. The largest absolute Gasteiger partial charge is 0.0985 e. The highest BCUT2D eigenvalue weighted by Gasteiger charge is 2.05. The molecule has 1 atom stereocenters. The van der Waals surface area contributed by atoms with E-state index in [4.69, 9.17) is 0 Å². The topological polar surface area (TPSA) is 0 Å². The van der Waals surface area contributed by atoms with Crippen LogP contribution in [0.15, 0.2) is 128 Å². The smallest absolute Gasteiger partial charge is 0.0620 e. The Hall–Kier alpha value is -2.95. The molecule has 0 aliphatic carbocycles. The van der Waals surface area contributed by atoms with Gasteiger partial charge in [-0.05, 0) is 16.7 Å². The predicted octanol–water partition coefficient (Wildman–Crippen LogP) is 4.25. The van der Waals surface area contributed by atoms with Crippen molar-refractivity contribution in [3.8, 4) is 0 Å². The fourth-order valence-corrected chi connectivity index (χ4v) is 5.13. The molecule has 0 N–H and O–H groups in total. The second-order valence-corrected chi connectivity index (χ2v) is 10.9. The van der Waals surface area contributed by atoms with Crippen LogP contribution in [-0.4, -0.2) is 19.8 Å². The quantitative estimate of drug-likeness (QED) is 0.430. The van der Waals surface area contributed by atoms with Gasteiger partial charge in [-0.1, -0.05) is 151 Å².